The van der Waals surface area contributed by atoms with Crippen LogP contribution in [0.5, 0.6) is 11.5 Å². The van der Waals surface area contributed by atoms with Crippen LogP contribution in [0.3, 0.4) is 0 Å². The van der Waals surface area contributed by atoms with Crippen molar-refractivity contribution in [2.24, 2.45) is 11.8 Å². The summed E-state index contributed by atoms with van der Waals surface area (Å²) in [6.07, 6.45) is 3.10. The van der Waals surface area contributed by atoms with E-state index in [1.54, 1.807) is 0 Å². The summed E-state index contributed by atoms with van der Waals surface area (Å²) >= 11 is 3.55. The third-order valence-electron chi connectivity index (χ3n) is 4.31. The highest BCUT2D eigenvalue weighted by Crippen LogP contribution is 2.44. The Labute approximate surface area is 122 Å². The molecule has 0 saturated heterocycles. The molecule has 0 radical (unpaired) electrons. The average molecular weight is 327 g/mol. The van der Waals surface area contributed by atoms with Crippen LogP contribution in [0, 0.1) is 11.8 Å². The highest BCUT2D eigenvalue weighted by atomic mass is 79.9. The van der Waals surface area contributed by atoms with Gasteiger partial charge in [0.05, 0.1) is 6.10 Å². The Hall–Kier alpha value is -0.740. The normalized spacial score (nSPS) is 27.3. The highest BCUT2D eigenvalue weighted by molar-refractivity contribution is 9.10. The molecule has 1 aliphatic heterocycles. The second-order valence-electron chi connectivity index (χ2n) is 5.53. The van der Waals surface area contributed by atoms with Crippen LogP contribution in [0.2, 0.25) is 0 Å². The summed E-state index contributed by atoms with van der Waals surface area (Å²) in [5, 5.41) is 10.6. The van der Waals surface area contributed by atoms with Gasteiger partial charge in [-0.25, -0.2) is 0 Å². The largest absolute Gasteiger partial charge is 0.486 e. The van der Waals surface area contributed by atoms with Crippen molar-refractivity contribution >= 4 is 15.9 Å². The van der Waals surface area contributed by atoms with Gasteiger partial charge in [-0.05, 0) is 36.0 Å². The van der Waals surface area contributed by atoms with E-state index in [4.69, 9.17) is 9.47 Å². The molecule has 1 aliphatic carbocycles. The number of aliphatic hydroxyl groups excluding tert-OH is 1. The van der Waals surface area contributed by atoms with Gasteiger partial charge in [-0.3, -0.25) is 0 Å². The third kappa shape index (κ3) is 2.48. The molecule has 2 aliphatic rings. The minimum absolute atomic E-state index is 0.346. The zero-order valence-corrected chi connectivity index (χ0v) is 12.6. The maximum absolute atomic E-state index is 10.6. The average Bonchev–Trinajstić information content (AvgIpc) is 2.83. The van der Waals surface area contributed by atoms with E-state index < -0.39 is 6.10 Å². The van der Waals surface area contributed by atoms with Crippen molar-refractivity contribution in [3.63, 3.8) is 0 Å². The van der Waals surface area contributed by atoms with Gasteiger partial charge in [0.25, 0.3) is 0 Å². The second kappa shape index (κ2) is 5.33. The van der Waals surface area contributed by atoms with Crippen LogP contribution in [0.25, 0.3) is 0 Å². The Morgan fingerprint density at radius 2 is 1.89 bits per heavy atom. The first kappa shape index (κ1) is 13.3. The fourth-order valence-corrected chi connectivity index (χ4v) is 3.74. The van der Waals surface area contributed by atoms with Crippen LogP contribution in [0.15, 0.2) is 16.6 Å². The molecule has 1 aromatic rings. The zero-order valence-electron chi connectivity index (χ0n) is 11.1. The molecule has 3 nitrogen and oxygen atoms in total. The number of fused-ring (bicyclic) bond motifs is 1. The molecule has 4 heteroatoms. The van der Waals surface area contributed by atoms with Crippen molar-refractivity contribution in [1.82, 2.24) is 0 Å². The van der Waals surface area contributed by atoms with Gasteiger partial charge in [-0.2, -0.15) is 0 Å². The van der Waals surface area contributed by atoms with E-state index in [2.05, 4.69) is 22.9 Å². The van der Waals surface area contributed by atoms with E-state index in [-0.39, 0.29) is 0 Å². The minimum Gasteiger partial charge on any atom is -0.486 e. The molecule has 3 rings (SSSR count). The summed E-state index contributed by atoms with van der Waals surface area (Å²) < 4.78 is 12.1. The molecule has 1 fully saturated rings. The van der Waals surface area contributed by atoms with Crippen LogP contribution in [0.1, 0.15) is 37.9 Å². The van der Waals surface area contributed by atoms with Crippen LogP contribution in [-0.4, -0.2) is 18.3 Å². The number of rotatable bonds is 2. The summed E-state index contributed by atoms with van der Waals surface area (Å²) in [5.41, 5.74) is 0.919. The molecule has 0 bridgehead atoms. The Bertz CT molecular complexity index is 475. The predicted octanol–water partition coefficient (Wildman–Crippen LogP) is 3.69. The zero-order chi connectivity index (χ0) is 13.4. The van der Waals surface area contributed by atoms with Crippen molar-refractivity contribution in [2.75, 3.05) is 13.2 Å². The molecule has 0 spiro atoms. The Balaban J connectivity index is 1.91. The fourth-order valence-electron chi connectivity index (χ4n) is 3.18. The number of hydrogen-bond donors (Lipinski definition) is 1. The number of ether oxygens (including phenoxy) is 2. The molecule has 104 valence electrons. The van der Waals surface area contributed by atoms with Crippen LogP contribution >= 0.6 is 15.9 Å². The van der Waals surface area contributed by atoms with Crippen molar-refractivity contribution in [1.29, 1.82) is 0 Å². The number of aliphatic hydroxyl groups is 1. The van der Waals surface area contributed by atoms with Crippen molar-refractivity contribution in [2.45, 2.75) is 32.3 Å². The van der Waals surface area contributed by atoms with Gasteiger partial charge in [0.2, 0.25) is 0 Å². The summed E-state index contributed by atoms with van der Waals surface area (Å²) in [4.78, 5) is 0. The van der Waals surface area contributed by atoms with E-state index in [1.807, 2.05) is 12.1 Å². The summed E-state index contributed by atoms with van der Waals surface area (Å²) in [6, 6.07) is 3.83. The van der Waals surface area contributed by atoms with E-state index in [0.717, 1.165) is 28.0 Å². The van der Waals surface area contributed by atoms with Crippen LogP contribution < -0.4 is 9.47 Å². The van der Waals surface area contributed by atoms with Crippen LogP contribution in [0.4, 0.5) is 0 Å². The first-order valence-corrected chi connectivity index (χ1v) is 7.73. The number of hydrogen-bond acceptors (Lipinski definition) is 3. The van der Waals surface area contributed by atoms with Gasteiger partial charge >= 0.3 is 0 Å². The minimum atomic E-state index is -0.428. The molecule has 19 heavy (non-hydrogen) atoms. The maximum atomic E-state index is 10.6. The summed E-state index contributed by atoms with van der Waals surface area (Å²) in [7, 11) is 0. The van der Waals surface area contributed by atoms with E-state index in [0.29, 0.717) is 25.0 Å². The molecule has 3 unspecified atom stereocenters. The Morgan fingerprint density at radius 3 is 2.53 bits per heavy atom. The number of benzene rings is 1. The lowest BCUT2D eigenvalue weighted by Gasteiger charge is -2.26. The second-order valence-corrected chi connectivity index (χ2v) is 6.39. The lowest BCUT2D eigenvalue weighted by atomic mass is 9.88. The van der Waals surface area contributed by atoms with Gasteiger partial charge in [0.1, 0.15) is 13.2 Å². The van der Waals surface area contributed by atoms with Crippen molar-refractivity contribution in [3.05, 3.63) is 22.2 Å². The first-order chi connectivity index (χ1) is 9.16. The topological polar surface area (TPSA) is 38.7 Å². The molecular formula is C15H19BrO3. The molecule has 0 aromatic heterocycles. The van der Waals surface area contributed by atoms with Gasteiger partial charge in [0.15, 0.2) is 11.5 Å². The number of halogens is 1. The third-order valence-corrected chi connectivity index (χ3v) is 5.00. The Morgan fingerprint density at radius 1 is 1.21 bits per heavy atom. The highest BCUT2D eigenvalue weighted by Gasteiger charge is 2.32. The molecule has 3 atom stereocenters. The smallest absolute Gasteiger partial charge is 0.162 e. The Kier molecular flexibility index (Phi) is 3.72. The monoisotopic (exact) mass is 326 g/mol. The molecule has 0 amide bonds. The van der Waals surface area contributed by atoms with Gasteiger partial charge in [-0.1, -0.05) is 35.7 Å². The van der Waals surface area contributed by atoms with Gasteiger partial charge < -0.3 is 14.6 Å². The first-order valence-electron chi connectivity index (χ1n) is 6.94. The quantitative estimate of drug-likeness (QED) is 0.900. The van der Waals surface area contributed by atoms with Gasteiger partial charge in [-0.15, -0.1) is 0 Å². The lowest BCUT2D eigenvalue weighted by Crippen LogP contribution is -2.18. The van der Waals surface area contributed by atoms with Crippen molar-refractivity contribution in [3.8, 4) is 11.5 Å². The molecule has 1 heterocycles. The van der Waals surface area contributed by atoms with E-state index in [1.165, 1.54) is 12.8 Å². The van der Waals surface area contributed by atoms with E-state index in [9.17, 15) is 5.11 Å². The van der Waals surface area contributed by atoms with Crippen LogP contribution in [-0.2, 0) is 0 Å². The maximum Gasteiger partial charge on any atom is 0.162 e. The fraction of sp³-hybridized carbons (Fsp3) is 0.600. The predicted molar refractivity (Wildman–Crippen MR) is 76.6 cm³/mol. The SMILES string of the molecule is CC1CCCC1C(O)c1cc2c(cc1Br)OCCO2. The summed E-state index contributed by atoms with van der Waals surface area (Å²) in [5.74, 6) is 2.43. The van der Waals surface area contributed by atoms with E-state index >= 15 is 0 Å². The molecular weight excluding hydrogens is 308 g/mol. The molecule has 1 aromatic carbocycles. The molecule has 1 saturated carbocycles. The lowest BCUT2D eigenvalue weighted by molar-refractivity contribution is 0.0885. The standard InChI is InChI=1S/C15H19BrO3/c1-9-3-2-4-10(9)15(17)11-7-13-14(8-12(11)16)19-6-5-18-13/h7-10,15,17H,2-6H2,1H3. The van der Waals surface area contributed by atoms with Gasteiger partial charge in [0, 0.05) is 4.47 Å². The molecule has 1 N–H and O–H groups in total. The summed E-state index contributed by atoms with van der Waals surface area (Å²) in [6.45, 7) is 3.39. The van der Waals surface area contributed by atoms with Crippen molar-refractivity contribution < 1.29 is 14.6 Å².